The molecule has 0 bridgehead atoms. The van der Waals surface area contributed by atoms with Gasteiger partial charge in [-0.05, 0) is 26.0 Å². The van der Waals surface area contributed by atoms with Crippen LogP contribution >= 0.6 is 0 Å². The molecule has 0 atom stereocenters. The number of sulfonamides is 1. The van der Waals surface area contributed by atoms with Crippen molar-refractivity contribution in [2.75, 3.05) is 12.8 Å². The van der Waals surface area contributed by atoms with Crippen LogP contribution in [0.3, 0.4) is 0 Å². The van der Waals surface area contributed by atoms with E-state index in [-0.39, 0.29) is 0 Å². The van der Waals surface area contributed by atoms with Crippen molar-refractivity contribution in [1.82, 2.24) is 20.0 Å². The maximum atomic E-state index is 11.3. The summed E-state index contributed by atoms with van der Waals surface area (Å²) in [5.74, 6) is 0. The Balaban J connectivity index is 1.96. The first kappa shape index (κ1) is 15.8. The normalized spacial score (nSPS) is 12.7. The second-order valence-electron chi connectivity index (χ2n) is 5.71. The first-order chi connectivity index (χ1) is 9.75. The van der Waals surface area contributed by atoms with E-state index in [9.17, 15) is 8.42 Å². The molecule has 1 heterocycles. The fraction of sp³-hybridized carbons (Fsp3) is 0.429. The van der Waals surface area contributed by atoms with Crippen molar-refractivity contribution >= 4 is 21.1 Å². The van der Waals surface area contributed by atoms with Crippen LogP contribution in [-0.4, -0.2) is 36.7 Å². The van der Waals surface area contributed by atoms with E-state index in [1.807, 2.05) is 38.1 Å². The van der Waals surface area contributed by atoms with Gasteiger partial charge in [-0.3, -0.25) is 4.98 Å². The average Bonchev–Trinajstić information content (AvgIpc) is 2.35. The maximum Gasteiger partial charge on any atom is 0.209 e. The second kappa shape index (κ2) is 6.05. The third-order valence-corrected chi connectivity index (χ3v) is 3.76. The fourth-order valence-electron chi connectivity index (χ4n) is 2.12. The Morgan fingerprint density at radius 3 is 2.52 bits per heavy atom. The quantitative estimate of drug-likeness (QED) is 0.833. The van der Waals surface area contributed by atoms with Crippen molar-refractivity contribution in [3.05, 3.63) is 36.2 Å². The lowest BCUT2D eigenvalue weighted by Crippen LogP contribution is -2.49. The zero-order valence-corrected chi connectivity index (χ0v) is 13.2. The molecule has 21 heavy (non-hydrogen) atoms. The average molecular weight is 308 g/mol. The summed E-state index contributed by atoms with van der Waals surface area (Å²) in [6, 6.07) is 7.68. The summed E-state index contributed by atoms with van der Waals surface area (Å²) in [6.45, 7) is 4.68. The number of nitrogens with zero attached hydrogens (tertiary/aromatic N) is 2. The molecule has 0 amide bonds. The highest BCUT2D eigenvalue weighted by atomic mass is 32.2. The van der Waals surface area contributed by atoms with Gasteiger partial charge in [0.2, 0.25) is 10.0 Å². The Morgan fingerprint density at radius 1 is 1.19 bits per heavy atom. The number of hydrogen-bond acceptors (Lipinski definition) is 5. The van der Waals surface area contributed by atoms with Crippen LogP contribution in [0.4, 0.5) is 0 Å². The molecule has 2 aromatic rings. The molecule has 0 unspecified atom stereocenters. The van der Waals surface area contributed by atoms with Gasteiger partial charge >= 0.3 is 0 Å². The molecule has 0 saturated heterocycles. The monoisotopic (exact) mass is 308 g/mol. The number of rotatable bonds is 6. The van der Waals surface area contributed by atoms with Crippen LogP contribution in [0.5, 0.6) is 0 Å². The van der Waals surface area contributed by atoms with Gasteiger partial charge in [0, 0.05) is 18.6 Å². The lowest BCUT2D eigenvalue weighted by atomic mass is 10.1. The first-order valence-electron chi connectivity index (χ1n) is 6.65. The molecule has 0 fully saturated rings. The Morgan fingerprint density at radius 2 is 1.86 bits per heavy atom. The number of para-hydroxylation sites is 2. The van der Waals surface area contributed by atoms with Crippen molar-refractivity contribution in [3.8, 4) is 0 Å². The molecule has 1 aromatic heterocycles. The van der Waals surface area contributed by atoms with Crippen molar-refractivity contribution in [1.29, 1.82) is 0 Å². The minimum Gasteiger partial charge on any atom is -0.309 e. The van der Waals surface area contributed by atoms with Crippen molar-refractivity contribution in [3.63, 3.8) is 0 Å². The van der Waals surface area contributed by atoms with Gasteiger partial charge in [-0.2, -0.15) is 0 Å². The highest BCUT2D eigenvalue weighted by molar-refractivity contribution is 7.88. The Labute approximate surface area is 125 Å². The van der Waals surface area contributed by atoms with Crippen LogP contribution in [0.1, 0.15) is 19.5 Å². The number of benzene rings is 1. The number of aromatic nitrogens is 2. The molecule has 0 saturated carbocycles. The van der Waals surface area contributed by atoms with Crippen molar-refractivity contribution in [2.45, 2.75) is 25.9 Å². The summed E-state index contributed by atoms with van der Waals surface area (Å²) in [4.78, 5) is 8.85. The Bertz CT molecular complexity index is 729. The van der Waals surface area contributed by atoms with Crippen LogP contribution in [0.15, 0.2) is 30.5 Å². The predicted molar refractivity (Wildman–Crippen MR) is 83.3 cm³/mol. The Hall–Kier alpha value is -1.57. The van der Waals surface area contributed by atoms with E-state index in [1.54, 1.807) is 6.20 Å². The summed E-state index contributed by atoms with van der Waals surface area (Å²) in [5, 5.41) is 3.20. The minimum absolute atomic E-state index is 0.495. The largest absolute Gasteiger partial charge is 0.309 e. The highest BCUT2D eigenvalue weighted by Crippen LogP contribution is 2.08. The van der Waals surface area contributed by atoms with E-state index in [0.29, 0.717) is 13.1 Å². The number of fused-ring (bicyclic) bond motifs is 1. The molecule has 0 aliphatic heterocycles. The SMILES string of the molecule is CC(C)(CNCc1cnc2ccccc2n1)NS(C)(=O)=O. The van der Waals surface area contributed by atoms with Crippen LogP contribution in [0, 0.1) is 0 Å². The molecular formula is C14H20N4O2S. The smallest absolute Gasteiger partial charge is 0.209 e. The minimum atomic E-state index is -3.22. The predicted octanol–water partition coefficient (Wildman–Crippen LogP) is 1.05. The lowest BCUT2D eigenvalue weighted by Gasteiger charge is -2.25. The van der Waals surface area contributed by atoms with Crippen LogP contribution in [-0.2, 0) is 16.6 Å². The number of hydrogen-bond donors (Lipinski definition) is 2. The molecule has 1 aromatic carbocycles. The summed E-state index contributed by atoms with van der Waals surface area (Å²) in [5.41, 5.74) is 1.98. The summed E-state index contributed by atoms with van der Waals surface area (Å²) in [6.07, 6.45) is 2.88. The molecule has 0 radical (unpaired) electrons. The molecule has 2 N–H and O–H groups in total. The van der Waals surface area contributed by atoms with Crippen molar-refractivity contribution < 1.29 is 8.42 Å². The van der Waals surface area contributed by atoms with Gasteiger partial charge in [0.15, 0.2) is 0 Å². The lowest BCUT2D eigenvalue weighted by molar-refractivity contribution is 0.420. The summed E-state index contributed by atoms with van der Waals surface area (Å²) in [7, 11) is -3.22. The van der Waals surface area contributed by atoms with Gasteiger partial charge in [-0.15, -0.1) is 0 Å². The van der Waals surface area contributed by atoms with Gasteiger partial charge in [0.1, 0.15) is 0 Å². The van der Waals surface area contributed by atoms with Gasteiger partial charge in [0.05, 0.1) is 29.2 Å². The summed E-state index contributed by atoms with van der Waals surface area (Å²) >= 11 is 0. The van der Waals surface area contributed by atoms with Gasteiger partial charge in [-0.1, -0.05) is 12.1 Å². The first-order valence-corrected chi connectivity index (χ1v) is 8.55. The van der Waals surface area contributed by atoms with E-state index < -0.39 is 15.6 Å². The zero-order chi connectivity index (χ0) is 15.5. The molecule has 7 heteroatoms. The zero-order valence-electron chi connectivity index (χ0n) is 12.4. The van der Waals surface area contributed by atoms with E-state index in [4.69, 9.17) is 0 Å². The van der Waals surface area contributed by atoms with Gasteiger partial charge in [-0.25, -0.2) is 18.1 Å². The van der Waals surface area contributed by atoms with E-state index in [1.165, 1.54) is 0 Å². The third-order valence-electron chi connectivity index (χ3n) is 2.83. The number of nitrogens with one attached hydrogen (secondary N) is 2. The van der Waals surface area contributed by atoms with Crippen LogP contribution in [0.25, 0.3) is 11.0 Å². The van der Waals surface area contributed by atoms with E-state index >= 15 is 0 Å². The van der Waals surface area contributed by atoms with E-state index in [0.717, 1.165) is 23.0 Å². The fourth-order valence-corrected chi connectivity index (χ4v) is 3.20. The topological polar surface area (TPSA) is 84.0 Å². The molecule has 0 spiro atoms. The molecule has 6 nitrogen and oxygen atoms in total. The molecule has 0 aliphatic carbocycles. The van der Waals surface area contributed by atoms with E-state index in [2.05, 4.69) is 20.0 Å². The van der Waals surface area contributed by atoms with Crippen LogP contribution in [0.2, 0.25) is 0 Å². The molecule has 2 rings (SSSR count). The summed E-state index contributed by atoms with van der Waals surface area (Å²) < 4.78 is 25.1. The maximum absolute atomic E-state index is 11.3. The molecule has 114 valence electrons. The molecular weight excluding hydrogens is 288 g/mol. The highest BCUT2D eigenvalue weighted by Gasteiger charge is 2.21. The second-order valence-corrected chi connectivity index (χ2v) is 7.46. The van der Waals surface area contributed by atoms with Gasteiger partial charge in [0.25, 0.3) is 0 Å². The third kappa shape index (κ3) is 5.04. The van der Waals surface area contributed by atoms with Crippen LogP contribution < -0.4 is 10.0 Å². The Kier molecular flexibility index (Phi) is 4.55. The standard InChI is InChI=1S/C14H20N4O2S/c1-14(2,18-21(3,19)20)10-15-8-11-9-16-12-6-4-5-7-13(12)17-11/h4-7,9,15,18H,8,10H2,1-3H3. The van der Waals surface area contributed by atoms with Crippen molar-refractivity contribution in [2.24, 2.45) is 0 Å². The molecule has 0 aliphatic rings. The van der Waals surface area contributed by atoms with Gasteiger partial charge < -0.3 is 5.32 Å².